The molecule has 0 aromatic heterocycles. The van der Waals surface area contributed by atoms with Gasteiger partial charge in [-0.15, -0.1) is 0 Å². The van der Waals surface area contributed by atoms with Gasteiger partial charge in [0, 0.05) is 6.54 Å². The number of para-hydroxylation sites is 1. The van der Waals surface area contributed by atoms with Crippen LogP contribution in [0.1, 0.15) is 37.0 Å². The third-order valence-corrected chi connectivity index (χ3v) is 3.59. The molecule has 106 valence electrons. The zero-order chi connectivity index (χ0) is 14.5. The summed E-state index contributed by atoms with van der Waals surface area (Å²) in [6.45, 7) is 4.31. The molecule has 0 unspecified atom stereocenters. The van der Waals surface area contributed by atoms with Gasteiger partial charge in [-0.1, -0.05) is 19.9 Å². The Bertz CT molecular complexity index is 434. The molecule has 1 aromatic carbocycles. The summed E-state index contributed by atoms with van der Waals surface area (Å²) in [5.41, 5.74) is 5.50. The Balaban J connectivity index is 3.01. The molecule has 1 amide bonds. The number of benzene rings is 1. The maximum Gasteiger partial charge on any atom is 0.255 e. The van der Waals surface area contributed by atoms with Gasteiger partial charge in [0.05, 0.1) is 18.2 Å². The van der Waals surface area contributed by atoms with Crippen molar-refractivity contribution in [2.75, 3.05) is 13.7 Å². The maximum atomic E-state index is 12.2. The highest BCUT2D eigenvalue weighted by molar-refractivity contribution is 5.98. The van der Waals surface area contributed by atoms with Crippen molar-refractivity contribution in [1.29, 1.82) is 0 Å². The molecule has 0 fully saturated rings. The van der Waals surface area contributed by atoms with Gasteiger partial charge in [0.25, 0.3) is 5.91 Å². The zero-order valence-corrected chi connectivity index (χ0v) is 11.7. The van der Waals surface area contributed by atoms with Crippen LogP contribution in [-0.4, -0.2) is 30.2 Å². The number of hydrogen-bond donors (Lipinski definition) is 3. The zero-order valence-electron chi connectivity index (χ0n) is 11.7. The summed E-state index contributed by atoms with van der Waals surface area (Å²) in [5.74, 6) is -0.217. The average molecular weight is 266 g/mol. The lowest BCUT2D eigenvalue weighted by Crippen LogP contribution is -2.52. The predicted molar refractivity (Wildman–Crippen MR) is 74.5 cm³/mol. The minimum atomic E-state index is -0.438. The van der Waals surface area contributed by atoms with Crippen molar-refractivity contribution in [1.82, 2.24) is 5.32 Å². The topological polar surface area (TPSA) is 84.6 Å². The van der Waals surface area contributed by atoms with Crippen LogP contribution in [0.3, 0.4) is 0 Å². The fourth-order valence-electron chi connectivity index (χ4n) is 1.94. The highest BCUT2D eigenvalue weighted by Crippen LogP contribution is 2.29. The molecule has 19 heavy (non-hydrogen) atoms. The van der Waals surface area contributed by atoms with Gasteiger partial charge in [0.1, 0.15) is 0 Å². The monoisotopic (exact) mass is 266 g/mol. The highest BCUT2D eigenvalue weighted by Gasteiger charge is 2.28. The van der Waals surface area contributed by atoms with E-state index in [1.54, 1.807) is 18.2 Å². The van der Waals surface area contributed by atoms with Crippen molar-refractivity contribution in [3.63, 3.8) is 0 Å². The Morgan fingerprint density at radius 2 is 2.05 bits per heavy atom. The molecule has 0 aliphatic heterocycles. The summed E-state index contributed by atoms with van der Waals surface area (Å²) in [4.78, 5) is 12.2. The molecular formula is C14H22N2O3. The Morgan fingerprint density at radius 3 is 2.53 bits per heavy atom. The van der Waals surface area contributed by atoms with Gasteiger partial charge < -0.3 is 20.9 Å². The average Bonchev–Trinajstić information content (AvgIpc) is 2.45. The van der Waals surface area contributed by atoms with Gasteiger partial charge in [0.15, 0.2) is 11.5 Å². The number of aromatic hydroxyl groups is 1. The number of phenols is 1. The lowest BCUT2D eigenvalue weighted by molar-refractivity contribution is 0.0892. The Hall–Kier alpha value is -1.75. The highest BCUT2D eigenvalue weighted by atomic mass is 16.5. The fraction of sp³-hybridized carbons (Fsp3) is 0.500. The van der Waals surface area contributed by atoms with Gasteiger partial charge in [-0.05, 0) is 25.0 Å². The number of hydrogen-bond acceptors (Lipinski definition) is 4. The number of carbonyl (C=O) groups excluding carboxylic acids is 1. The van der Waals surface area contributed by atoms with E-state index in [1.807, 2.05) is 13.8 Å². The number of rotatable bonds is 6. The summed E-state index contributed by atoms with van der Waals surface area (Å²) in [6, 6.07) is 4.82. The largest absolute Gasteiger partial charge is 0.504 e. The van der Waals surface area contributed by atoms with Crippen molar-refractivity contribution >= 4 is 5.91 Å². The van der Waals surface area contributed by atoms with E-state index in [4.69, 9.17) is 10.5 Å². The number of carbonyl (C=O) groups is 1. The second-order valence-electron chi connectivity index (χ2n) is 4.50. The SMILES string of the molecule is CCC(CC)(CN)NC(=O)c1cccc(OC)c1O. The molecule has 0 aliphatic carbocycles. The Kier molecular flexibility index (Phi) is 5.18. The molecule has 0 atom stereocenters. The van der Waals surface area contributed by atoms with Crippen LogP contribution in [0.2, 0.25) is 0 Å². The first-order valence-corrected chi connectivity index (χ1v) is 6.42. The number of phenolic OH excluding ortho intramolecular Hbond substituents is 1. The van der Waals surface area contributed by atoms with Crippen molar-refractivity contribution in [3.05, 3.63) is 23.8 Å². The van der Waals surface area contributed by atoms with Crippen molar-refractivity contribution in [3.8, 4) is 11.5 Å². The van der Waals surface area contributed by atoms with E-state index in [2.05, 4.69) is 5.32 Å². The Morgan fingerprint density at radius 1 is 1.42 bits per heavy atom. The van der Waals surface area contributed by atoms with Crippen LogP contribution in [0.4, 0.5) is 0 Å². The summed E-state index contributed by atoms with van der Waals surface area (Å²) in [6.07, 6.45) is 1.47. The van der Waals surface area contributed by atoms with E-state index in [1.165, 1.54) is 7.11 Å². The lowest BCUT2D eigenvalue weighted by Gasteiger charge is -2.31. The van der Waals surface area contributed by atoms with E-state index in [0.29, 0.717) is 6.54 Å². The number of amides is 1. The first-order chi connectivity index (χ1) is 9.03. The first-order valence-electron chi connectivity index (χ1n) is 6.42. The minimum Gasteiger partial charge on any atom is -0.504 e. The predicted octanol–water partition coefficient (Wildman–Crippen LogP) is 1.65. The Labute approximate surface area is 113 Å². The van der Waals surface area contributed by atoms with Crippen molar-refractivity contribution in [2.24, 2.45) is 5.73 Å². The van der Waals surface area contributed by atoms with E-state index >= 15 is 0 Å². The van der Waals surface area contributed by atoms with E-state index in [-0.39, 0.29) is 23.0 Å². The molecule has 1 aromatic rings. The summed E-state index contributed by atoms with van der Waals surface area (Å²) in [5, 5.41) is 12.9. The molecule has 0 bridgehead atoms. The minimum absolute atomic E-state index is 0.152. The third-order valence-electron chi connectivity index (χ3n) is 3.59. The summed E-state index contributed by atoms with van der Waals surface area (Å²) >= 11 is 0. The molecule has 0 radical (unpaired) electrons. The maximum absolute atomic E-state index is 12.2. The smallest absolute Gasteiger partial charge is 0.255 e. The first kappa shape index (κ1) is 15.3. The number of nitrogens with two attached hydrogens (primary N) is 1. The van der Waals surface area contributed by atoms with Crippen LogP contribution in [-0.2, 0) is 0 Å². The molecule has 1 rings (SSSR count). The number of nitrogens with one attached hydrogen (secondary N) is 1. The molecule has 4 N–H and O–H groups in total. The van der Waals surface area contributed by atoms with Gasteiger partial charge in [-0.2, -0.15) is 0 Å². The van der Waals surface area contributed by atoms with Crippen molar-refractivity contribution in [2.45, 2.75) is 32.2 Å². The van der Waals surface area contributed by atoms with Gasteiger partial charge >= 0.3 is 0 Å². The van der Waals surface area contributed by atoms with Crippen LogP contribution < -0.4 is 15.8 Å². The van der Waals surface area contributed by atoms with Gasteiger partial charge in [-0.3, -0.25) is 4.79 Å². The number of ether oxygens (including phenoxy) is 1. The standard InChI is InChI=1S/C14H22N2O3/c1-4-14(5-2,9-15)16-13(18)10-7-6-8-11(19-3)12(10)17/h6-8,17H,4-5,9,15H2,1-3H3,(H,16,18). The summed E-state index contributed by atoms with van der Waals surface area (Å²) in [7, 11) is 1.44. The number of methoxy groups -OCH3 is 1. The van der Waals surface area contributed by atoms with Crippen LogP contribution in [0, 0.1) is 0 Å². The lowest BCUT2D eigenvalue weighted by atomic mass is 9.92. The third kappa shape index (κ3) is 3.17. The molecule has 0 heterocycles. The fourth-order valence-corrected chi connectivity index (χ4v) is 1.94. The van der Waals surface area contributed by atoms with Crippen molar-refractivity contribution < 1.29 is 14.6 Å². The molecule has 5 nitrogen and oxygen atoms in total. The van der Waals surface area contributed by atoms with Crippen LogP contribution in [0.5, 0.6) is 11.5 Å². The van der Waals surface area contributed by atoms with Crippen LogP contribution in [0.15, 0.2) is 18.2 Å². The molecular weight excluding hydrogens is 244 g/mol. The van der Waals surface area contributed by atoms with Crippen LogP contribution in [0.25, 0.3) is 0 Å². The quantitative estimate of drug-likeness (QED) is 0.731. The summed E-state index contributed by atoms with van der Waals surface area (Å²) < 4.78 is 4.99. The second-order valence-corrected chi connectivity index (χ2v) is 4.50. The van der Waals surface area contributed by atoms with Gasteiger partial charge in [-0.25, -0.2) is 0 Å². The molecule has 5 heteroatoms. The second kappa shape index (κ2) is 6.43. The van der Waals surface area contributed by atoms with E-state index in [9.17, 15) is 9.90 Å². The van der Waals surface area contributed by atoms with E-state index < -0.39 is 5.54 Å². The molecule has 0 saturated heterocycles. The normalized spacial score (nSPS) is 11.2. The molecule has 0 spiro atoms. The van der Waals surface area contributed by atoms with Gasteiger partial charge in [0.2, 0.25) is 0 Å². The molecule has 0 aliphatic rings. The van der Waals surface area contributed by atoms with E-state index in [0.717, 1.165) is 12.8 Å². The van der Waals surface area contributed by atoms with Crippen LogP contribution >= 0.6 is 0 Å². The molecule has 0 saturated carbocycles.